The van der Waals surface area contributed by atoms with Crippen LogP contribution >= 0.6 is 11.3 Å². The summed E-state index contributed by atoms with van der Waals surface area (Å²) in [7, 11) is 1.94. The Morgan fingerprint density at radius 1 is 1.47 bits per heavy atom. The van der Waals surface area contributed by atoms with Gasteiger partial charge in [-0.05, 0) is 13.5 Å². The first kappa shape index (κ1) is 12.5. The topological polar surface area (TPSA) is 44.9 Å². The van der Waals surface area contributed by atoms with E-state index >= 15 is 0 Å². The van der Waals surface area contributed by atoms with E-state index in [-0.39, 0.29) is 4.87 Å². The fourth-order valence-corrected chi connectivity index (χ4v) is 2.33. The molecule has 0 bridgehead atoms. The first-order chi connectivity index (χ1) is 7.27. The number of aromatic amines is 1. The molecule has 0 aromatic carbocycles. The van der Waals surface area contributed by atoms with Crippen LogP contribution in [-0.2, 0) is 0 Å². The van der Waals surface area contributed by atoms with E-state index in [0.29, 0.717) is 6.04 Å². The minimum absolute atomic E-state index is 0.0406. The van der Waals surface area contributed by atoms with Crippen molar-refractivity contribution in [3.8, 4) is 0 Å². The van der Waals surface area contributed by atoms with Gasteiger partial charge >= 0.3 is 4.87 Å². The third-order valence-corrected chi connectivity index (χ3v) is 3.30. The van der Waals surface area contributed by atoms with Crippen LogP contribution < -0.4 is 10.2 Å². The highest BCUT2D eigenvalue weighted by molar-refractivity contribution is 7.07. The Labute approximate surface area is 94.9 Å². The molecular formula is C11H20N2OS. The summed E-state index contributed by atoms with van der Waals surface area (Å²) in [6.07, 6.45) is 6.17. The van der Waals surface area contributed by atoms with Crippen LogP contribution in [0.3, 0.4) is 0 Å². The fraction of sp³-hybridized carbons (Fsp3) is 0.727. The van der Waals surface area contributed by atoms with Gasteiger partial charge in [-0.15, -0.1) is 0 Å². The first-order valence-electron chi connectivity index (χ1n) is 5.63. The van der Waals surface area contributed by atoms with Gasteiger partial charge in [0.05, 0.1) is 0 Å². The van der Waals surface area contributed by atoms with E-state index < -0.39 is 0 Å². The molecule has 0 aliphatic carbocycles. The molecule has 4 heteroatoms. The van der Waals surface area contributed by atoms with Crippen LogP contribution in [0.15, 0.2) is 10.2 Å². The highest BCUT2D eigenvalue weighted by Gasteiger charge is 2.10. The van der Waals surface area contributed by atoms with Gasteiger partial charge in [0.2, 0.25) is 0 Å². The molecule has 3 nitrogen and oxygen atoms in total. The molecule has 1 heterocycles. The molecule has 1 aromatic rings. The smallest absolute Gasteiger partial charge is 0.304 e. The predicted molar refractivity (Wildman–Crippen MR) is 65.5 cm³/mol. The molecule has 0 spiro atoms. The SMILES string of the molecule is CCCCCCC(NC)c1csc(=O)[nH]1. The normalized spacial score (nSPS) is 12.9. The van der Waals surface area contributed by atoms with Crippen LogP contribution in [0.4, 0.5) is 0 Å². The Bertz CT molecular complexity index is 318. The highest BCUT2D eigenvalue weighted by atomic mass is 32.1. The third kappa shape index (κ3) is 4.18. The molecule has 0 saturated carbocycles. The van der Waals surface area contributed by atoms with Crippen molar-refractivity contribution in [1.29, 1.82) is 0 Å². The van der Waals surface area contributed by atoms with Crippen molar-refractivity contribution in [3.63, 3.8) is 0 Å². The number of hydrogen-bond donors (Lipinski definition) is 2. The number of hydrogen-bond acceptors (Lipinski definition) is 3. The molecule has 0 amide bonds. The minimum Gasteiger partial charge on any atom is -0.315 e. The van der Waals surface area contributed by atoms with E-state index in [9.17, 15) is 4.79 Å². The van der Waals surface area contributed by atoms with E-state index in [4.69, 9.17) is 0 Å². The van der Waals surface area contributed by atoms with Crippen molar-refractivity contribution in [2.45, 2.75) is 45.1 Å². The Balaban J connectivity index is 2.39. The van der Waals surface area contributed by atoms with Crippen molar-refractivity contribution >= 4 is 11.3 Å². The van der Waals surface area contributed by atoms with E-state index in [1.54, 1.807) is 0 Å². The zero-order valence-electron chi connectivity index (χ0n) is 9.51. The zero-order valence-corrected chi connectivity index (χ0v) is 10.3. The summed E-state index contributed by atoms with van der Waals surface area (Å²) in [6, 6.07) is 0.306. The van der Waals surface area contributed by atoms with Crippen LogP contribution in [0.1, 0.15) is 50.8 Å². The summed E-state index contributed by atoms with van der Waals surface area (Å²) in [5, 5.41) is 5.17. The molecule has 0 aliphatic rings. The monoisotopic (exact) mass is 228 g/mol. The molecule has 2 N–H and O–H groups in total. The molecule has 0 saturated heterocycles. The summed E-state index contributed by atoms with van der Waals surface area (Å²) in [4.78, 5) is 13.9. The van der Waals surface area contributed by atoms with Crippen LogP contribution in [0, 0.1) is 0 Å². The Hall–Kier alpha value is -0.610. The van der Waals surface area contributed by atoms with Gasteiger partial charge in [-0.2, -0.15) is 0 Å². The second-order valence-corrected chi connectivity index (χ2v) is 4.64. The van der Waals surface area contributed by atoms with Crippen molar-refractivity contribution < 1.29 is 0 Å². The Morgan fingerprint density at radius 2 is 2.27 bits per heavy atom. The summed E-state index contributed by atoms with van der Waals surface area (Å²) in [5.41, 5.74) is 1.03. The quantitative estimate of drug-likeness (QED) is 0.705. The zero-order chi connectivity index (χ0) is 11.1. The molecule has 1 unspecified atom stereocenters. The largest absolute Gasteiger partial charge is 0.315 e. The molecule has 0 radical (unpaired) electrons. The van der Waals surface area contributed by atoms with Crippen molar-refractivity contribution in [2.75, 3.05) is 7.05 Å². The maximum Gasteiger partial charge on any atom is 0.304 e. The number of aromatic nitrogens is 1. The lowest BCUT2D eigenvalue weighted by atomic mass is 10.1. The van der Waals surface area contributed by atoms with Crippen LogP contribution in [0.25, 0.3) is 0 Å². The standard InChI is InChI=1S/C11H20N2OS/c1-3-4-5-6-7-9(12-2)10-8-15-11(14)13-10/h8-9,12H,3-7H2,1-2H3,(H,13,14). The fourth-order valence-electron chi connectivity index (χ4n) is 1.69. The maximum atomic E-state index is 11.0. The van der Waals surface area contributed by atoms with Gasteiger partial charge in [0.25, 0.3) is 0 Å². The molecule has 86 valence electrons. The molecule has 0 aliphatic heterocycles. The summed E-state index contributed by atoms with van der Waals surface area (Å²) >= 11 is 1.24. The minimum atomic E-state index is 0.0406. The lowest BCUT2D eigenvalue weighted by Crippen LogP contribution is -2.17. The van der Waals surface area contributed by atoms with Crippen molar-refractivity contribution in [2.24, 2.45) is 0 Å². The number of H-pyrrole nitrogens is 1. The van der Waals surface area contributed by atoms with E-state index in [1.807, 2.05) is 12.4 Å². The van der Waals surface area contributed by atoms with E-state index in [2.05, 4.69) is 17.2 Å². The van der Waals surface area contributed by atoms with Crippen molar-refractivity contribution in [3.05, 3.63) is 20.7 Å². The number of unbranched alkanes of at least 4 members (excludes halogenated alkanes) is 3. The summed E-state index contributed by atoms with van der Waals surface area (Å²) < 4.78 is 0. The van der Waals surface area contributed by atoms with Gasteiger partial charge in [-0.1, -0.05) is 43.9 Å². The molecule has 0 fully saturated rings. The van der Waals surface area contributed by atoms with E-state index in [1.165, 1.54) is 37.0 Å². The van der Waals surface area contributed by atoms with Gasteiger partial charge < -0.3 is 10.3 Å². The number of rotatable bonds is 7. The second kappa shape index (κ2) is 6.80. The first-order valence-corrected chi connectivity index (χ1v) is 6.50. The molecule has 1 rings (SSSR count). The van der Waals surface area contributed by atoms with E-state index in [0.717, 1.165) is 12.1 Å². The highest BCUT2D eigenvalue weighted by Crippen LogP contribution is 2.18. The Kier molecular flexibility index (Phi) is 5.65. The third-order valence-electron chi connectivity index (χ3n) is 2.61. The summed E-state index contributed by atoms with van der Waals surface area (Å²) in [6.45, 7) is 2.21. The second-order valence-electron chi connectivity index (χ2n) is 3.79. The van der Waals surface area contributed by atoms with Gasteiger partial charge in [0, 0.05) is 17.1 Å². The summed E-state index contributed by atoms with van der Waals surface area (Å²) in [5.74, 6) is 0. The molecule has 1 aromatic heterocycles. The van der Waals surface area contributed by atoms with Crippen molar-refractivity contribution in [1.82, 2.24) is 10.3 Å². The van der Waals surface area contributed by atoms with Crippen LogP contribution in [-0.4, -0.2) is 12.0 Å². The van der Waals surface area contributed by atoms with Gasteiger partial charge in [-0.25, -0.2) is 0 Å². The average Bonchev–Trinajstić information content (AvgIpc) is 2.65. The lowest BCUT2D eigenvalue weighted by Gasteiger charge is -2.13. The van der Waals surface area contributed by atoms with Crippen LogP contribution in [0.2, 0.25) is 0 Å². The molecular weight excluding hydrogens is 208 g/mol. The maximum absolute atomic E-state index is 11.0. The van der Waals surface area contributed by atoms with Gasteiger partial charge in [-0.3, -0.25) is 4.79 Å². The van der Waals surface area contributed by atoms with Gasteiger partial charge in [0.15, 0.2) is 0 Å². The van der Waals surface area contributed by atoms with Gasteiger partial charge in [0.1, 0.15) is 0 Å². The lowest BCUT2D eigenvalue weighted by molar-refractivity contribution is 0.497. The predicted octanol–water partition coefficient (Wildman–Crippen LogP) is 2.67. The molecule has 15 heavy (non-hydrogen) atoms. The van der Waals surface area contributed by atoms with Crippen LogP contribution in [0.5, 0.6) is 0 Å². The Morgan fingerprint density at radius 3 is 2.80 bits per heavy atom. The molecule has 1 atom stereocenters. The number of thiazole rings is 1. The average molecular weight is 228 g/mol. The number of nitrogens with one attached hydrogen (secondary N) is 2.